The molecule has 1 saturated carbocycles. The molecule has 9 heteroatoms. The van der Waals surface area contributed by atoms with Gasteiger partial charge in [0.25, 0.3) is 0 Å². The number of carbonyl (C=O) groups is 2. The number of carbonyl (C=O) groups excluding carboxylic acids is 2. The molecule has 3 aromatic rings. The SMILES string of the molecule is C[C@@H](Sc1nnc(Cc2cccs2)n1C1CC1)C(=O)N1CC(=O)Nc2ccccc21. The minimum atomic E-state index is -0.389. The number of amides is 2. The number of thioether (sulfide) groups is 1. The molecule has 3 heterocycles. The topological polar surface area (TPSA) is 80.1 Å². The summed E-state index contributed by atoms with van der Waals surface area (Å²) in [6.07, 6.45) is 2.99. The Morgan fingerprint density at radius 1 is 1.27 bits per heavy atom. The molecular weight excluding hydrogens is 418 g/mol. The van der Waals surface area contributed by atoms with Gasteiger partial charge in [0.15, 0.2) is 5.16 Å². The second-order valence-corrected chi connectivity index (χ2v) is 9.85. The Morgan fingerprint density at radius 2 is 2.10 bits per heavy atom. The number of thiophene rings is 1. The third-order valence-corrected chi connectivity index (χ3v) is 7.15. The van der Waals surface area contributed by atoms with Crippen molar-refractivity contribution in [2.75, 3.05) is 16.8 Å². The minimum Gasteiger partial charge on any atom is -0.323 e. The Labute approximate surface area is 182 Å². The van der Waals surface area contributed by atoms with Crippen LogP contribution in [0.5, 0.6) is 0 Å². The first kappa shape index (κ1) is 19.3. The van der Waals surface area contributed by atoms with Crippen LogP contribution >= 0.6 is 23.1 Å². The van der Waals surface area contributed by atoms with E-state index in [1.165, 1.54) is 16.6 Å². The van der Waals surface area contributed by atoms with Crippen molar-refractivity contribution in [1.29, 1.82) is 0 Å². The molecule has 30 heavy (non-hydrogen) atoms. The molecule has 2 amide bonds. The Bertz CT molecular complexity index is 1090. The molecule has 154 valence electrons. The fourth-order valence-corrected chi connectivity index (χ4v) is 5.34. The van der Waals surface area contributed by atoms with Crippen molar-refractivity contribution in [2.24, 2.45) is 0 Å². The number of nitrogens with one attached hydrogen (secondary N) is 1. The molecule has 5 rings (SSSR count). The fraction of sp³-hybridized carbons (Fsp3) is 0.333. The summed E-state index contributed by atoms with van der Waals surface area (Å²) in [5, 5.41) is 14.1. The van der Waals surface area contributed by atoms with Crippen LogP contribution in [-0.4, -0.2) is 38.4 Å². The van der Waals surface area contributed by atoms with Crippen molar-refractivity contribution in [1.82, 2.24) is 14.8 Å². The van der Waals surface area contributed by atoms with Gasteiger partial charge in [0.05, 0.1) is 16.6 Å². The molecule has 1 aliphatic carbocycles. The Balaban J connectivity index is 1.37. The molecule has 0 unspecified atom stereocenters. The summed E-state index contributed by atoms with van der Waals surface area (Å²) >= 11 is 3.13. The molecular formula is C21H21N5O2S2. The number of rotatable bonds is 6. The first-order valence-corrected chi connectivity index (χ1v) is 11.7. The molecule has 2 aromatic heterocycles. The van der Waals surface area contributed by atoms with Crippen LogP contribution in [-0.2, 0) is 16.0 Å². The molecule has 1 fully saturated rings. The zero-order valence-electron chi connectivity index (χ0n) is 16.4. The summed E-state index contributed by atoms with van der Waals surface area (Å²) in [6.45, 7) is 1.90. The van der Waals surface area contributed by atoms with Crippen LogP contribution in [0.4, 0.5) is 11.4 Å². The molecule has 0 spiro atoms. The van der Waals surface area contributed by atoms with Crippen LogP contribution in [0.1, 0.15) is 36.5 Å². The third-order valence-electron chi connectivity index (χ3n) is 5.23. The Kier molecular flexibility index (Phi) is 5.08. The van der Waals surface area contributed by atoms with Gasteiger partial charge in [-0.25, -0.2) is 0 Å². The van der Waals surface area contributed by atoms with Crippen molar-refractivity contribution in [3.63, 3.8) is 0 Å². The average molecular weight is 440 g/mol. The van der Waals surface area contributed by atoms with Crippen molar-refractivity contribution in [3.8, 4) is 0 Å². The van der Waals surface area contributed by atoms with E-state index < -0.39 is 0 Å². The lowest BCUT2D eigenvalue weighted by atomic mass is 10.2. The van der Waals surface area contributed by atoms with E-state index in [9.17, 15) is 9.59 Å². The quantitative estimate of drug-likeness (QED) is 0.592. The van der Waals surface area contributed by atoms with Gasteiger partial charge in [-0.2, -0.15) is 0 Å². The number of benzene rings is 1. The van der Waals surface area contributed by atoms with Gasteiger partial charge in [-0.05, 0) is 43.3 Å². The van der Waals surface area contributed by atoms with E-state index in [1.54, 1.807) is 16.2 Å². The van der Waals surface area contributed by atoms with Crippen LogP contribution in [0.3, 0.4) is 0 Å². The van der Waals surface area contributed by atoms with Crippen LogP contribution in [0.25, 0.3) is 0 Å². The summed E-state index contributed by atoms with van der Waals surface area (Å²) in [5.74, 6) is 0.663. The highest BCUT2D eigenvalue weighted by Gasteiger charge is 2.34. The number of hydrogen-bond acceptors (Lipinski definition) is 6. The van der Waals surface area contributed by atoms with E-state index in [-0.39, 0.29) is 23.6 Å². The maximum atomic E-state index is 13.2. The number of fused-ring (bicyclic) bond motifs is 1. The zero-order valence-corrected chi connectivity index (χ0v) is 18.1. The zero-order chi connectivity index (χ0) is 20.7. The van der Waals surface area contributed by atoms with E-state index in [0.29, 0.717) is 11.7 Å². The largest absolute Gasteiger partial charge is 0.323 e. The number of aromatic nitrogens is 3. The maximum Gasteiger partial charge on any atom is 0.244 e. The summed E-state index contributed by atoms with van der Waals surface area (Å²) in [4.78, 5) is 28.1. The molecule has 1 aliphatic heterocycles. The highest BCUT2D eigenvalue weighted by molar-refractivity contribution is 8.00. The van der Waals surface area contributed by atoms with Crippen LogP contribution < -0.4 is 10.2 Å². The highest BCUT2D eigenvalue weighted by atomic mass is 32.2. The van der Waals surface area contributed by atoms with Crippen LogP contribution in [0, 0.1) is 0 Å². The second-order valence-electron chi connectivity index (χ2n) is 7.51. The van der Waals surface area contributed by atoms with E-state index >= 15 is 0 Å². The van der Waals surface area contributed by atoms with Crippen molar-refractivity contribution < 1.29 is 9.59 Å². The number of anilines is 2. The Hall–Kier alpha value is -2.65. The van der Waals surface area contributed by atoms with E-state index in [4.69, 9.17) is 0 Å². The number of para-hydroxylation sites is 2. The van der Waals surface area contributed by atoms with Crippen LogP contribution in [0.2, 0.25) is 0 Å². The van der Waals surface area contributed by atoms with Crippen molar-refractivity contribution in [2.45, 2.75) is 42.6 Å². The summed E-state index contributed by atoms with van der Waals surface area (Å²) in [7, 11) is 0. The van der Waals surface area contributed by atoms with E-state index in [1.807, 2.05) is 37.3 Å². The molecule has 7 nitrogen and oxygen atoms in total. The average Bonchev–Trinajstić information content (AvgIpc) is 3.30. The monoisotopic (exact) mass is 439 g/mol. The van der Waals surface area contributed by atoms with Gasteiger partial charge in [0.2, 0.25) is 11.8 Å². The first-order chi connectivity index (χ1) is 14.6. The lowest BCUT2D eigenvalue weighted by Crippen LogP contribution is -2.45. The molecule has 1 atom stereocenters. The Morgan fingerprint density at radius 3 is 2.87 bits per heavy atom. The van der Waals surface area contributed by atoms with Crippen LogP contribution in [0.15, 0.2) is 46.9 Å². The fourth-order valence-electron chi connectivity index (χ4n) is 3.63. The maximum absolute atomic E-state index is 13.2. The van der Waals surface area contributed by atoms with Gasteiger partial charge in [-0.3, -0.25) is 14.5 Å². The third kappa shape index (κ3) is 3.75. The first-order valence-electron chi connectivity index (χ1n) is 9.93. The van der Waals surface area contributed by atoms with E-state index in [0.717, 1.165) is 35.9 Å². The van der Waals surface area contributed by atoms with Gasteiger partial charge in [-0.15, -0.1) is 21.5 Å². The number of nitrogens with zero attached hydrogens (tertiary/aromatic N) is 4. The predicted octanol–water partition coefficient (Wildman–Crippen LogP) is 3.73. The normalized spacial score (nSPS) is 16.8. The lowest BCUT2D eigenvalue weighted by Gasteiger charge is -2.30. The van der Waals surface area contributed by atoms with Gasteiger partial charge in [0, 0.05) is 17.3 Å². The molecule has 0 bridgehead atoms. The lowest BCUT2D eigenvalue weighted by molar-refractivity contribution is -0.121. The summed E-state index contributed by atoms with van der Waals surface area (Å²) in [6, 6.07) is 11.9. The van der Waals surface area contributed by atoms with Gasteiger partial charge in [-0.1, -0.05) is 30.0 Å². The summed E-state index contributed by atoms with van der Waals surface area (Å²) < 4.78 is 2.20. The molecule has 1 aromatic carbocycles. The van der Waals surface area contributed by atoms with Gasteiger partial charge in [0.1, 0.15) is 12.4 Å². The van der Waals surface area contributed by atoms with Crippen molar-refractivity contribution in [3.05, 3.63) is 52.5 Å². The second kappa shape index (κ2) is 7.88. The predicted molar refractivity (Wildman–Crippen MR) is 118 cm³/mol. The molecule has 1 N–H and O–H groups in total. The minimum absolute atomic E-state index is 0.0275. The highest BCUT2D eigenvalue weighted by Crippen LogP contribution is 2.40. The molecule has 0 saturated heterocycles. The summed E-state index contributed by atoms with van der Waals surface area (Å²) in [5.41, 5.74) is 1.40. The smallest absolute Gasteiger partial charge is 0.244 e. The number of hydrogen-bond donors (Lipinski definition) is 1. The molecule has 2 aliphatic rings. The standard InChI is InChI=1S/C21H21N5O2S2/c1-13(20(28)25-12-19(27)22-16-6-2-3-7-17(16)25)30-21-24-23-18(26(21)14-8-9-14)11-15-5-4-10-29-15/h2-7,10,13-14H,8-9,11-12H2,1H3,(H,22,27)/t13-/m1/s1. The van der Waals surface area contributed by atoms with Gasteiger partial charge >= 0.3 is 0 Å². The van der Waals surface area contributed by atoms with Crippen molar-refractivity contribution >= 4 is 46.3 Å². The van der Waals surface area contributed by atoms with E-state index in [2.05, 4.69) is 31.5 Å². The molecule has 0 radical (unpaired) electrons. The van der Waals surface area contributed by atoms with Gasteiger partial charge < -0.3 is 9.88 Å².